The zero-order valence-electron chi connectivity index (χ0n) is 13.9. The molecule has 2 N–H and O–H groups in total. The molecular weight excluding hydrogens is 302 g/mol. The third kappa shape index (κ3) is 4.83. The largest absolute Gasteiger partial charge is 0.371 e. The number of nitrogens with one attached hydrogen (secondary N) is 2. The lowest BCUT2D eigenvalue weighted by atomic mass is 10.1. The molecule has 0 aliphatic carbocycles. The van der Waals surface area contributed by atoms with Gasteiger partial charge in [0, 0.05) is 44.3 Å². The molecule has 1 aliphatic rings. The van der Waals surface area contributed by atoms with Gasteiger partial charge in [-0.05, 0) is 30.5 Å². The number of rotatable bonds is 8. The van der Waals surface area contributed by atoms with Crippen LogP contribution in [0.4, 0.5) is 5.69 Å². The molecule has 1 aliphatic heterocycles. The number of amides is 1. The molecule has 1 fully saturated rings. The van der Waals surface area contributed by atoms with E-state index in [-0.39, 0.29) is 5.91 Å². The average Bonchev–Trinajstić information content (AvgIpc) is 3.29. The molecule has 6 nitrogen and oxygen atoms in total. The molecule has 128 valence electrons. The maximum Gasteiger partial charge on any atom is 0.233 e. The molecule has 2 aromatic rings. The van der Waals surface area contributed by atoms with Gasteiger partial charge < -0.3 is 15.5 Å². The second kappa shape index (κ2) is 8.49. The Morgan fingerprint density at radius 2 is 2.12 bits per heavy atom. The van der Waals surface area contributed by atoms with Crippen LogP contribution in [0.15, 0.2) is 48.8 Å². The minimum atomic E-state index is 0.0635. The lowest BCUT2D eigenvalue weighted by Crippen LogP contribution is -2.38. The first-order chi connectivity index (χ1) is 11.8. The van der Waals surface area contributed by atoms with E-state index in [0.717, 1.165) is 39.1 Å². The standard InChI is InChI=1S/C18H25N5O/c24-18(14-19-9-12-23-10-4-8-21-23)20-13-16-7-11-22(15-16)17-5-2-1-3-6-17/h1-6,8,10,16,19H,7,9,11-15H2,(H,20,24)/t16-/m1/s1. The number of carbonyl (C=O) groups excluding carboxylic acids is 1. The lowest BCUT2D eigenvalue weighted by molar-refractivity contribution is -0.120. The van der Waals surface area contributed by atoms with E-state index in [1.165, 1.54) is 5.69 Å². The van der Waals surface area contributed by atoms with Crippen molar-refractivity contribution in [1.29, 1.82) is 0 Å². The van der Waals surface area contributed by atoms with Gasteiger partial charge in [0.25, 0.3) is 0 Å². The van der Waals surface area contributed by atoms with Gasteiger partial charge in [0.05, 0.1) is 13.1 Å². The van der Waals surface area contributed by atoms with Gasteiger partial charge >= 0.3 is 0 Å². The molecule has 1 aromatic heterocycles. The zero-order chi connectivity index (χ0) is 16.6. The van der Waals surface area contributed by atoms with Crippen molar-refractivity contribution in [2.45, 2.75) is 13.0 Å². The van der Waals surface area contributed by atoms with Crippen LogP contribution in [0.1, 0.15) is 6.42 Å². The summed E-state index contributed by atoms with van der Waals surface area (Å²) in [6.07, 6.45) is 4.80. The summed E-state index contributed by atoms with van der Waals surface area (Å²) in [7, 11) is 0. The quantitative estimate of drug-likeness (QED) is 0.713. The number of para-hydroxylation sites is 1. The van der Waals surface area contributed by atoms with Crippen LogP contribution < -0.4 is 15.5 Å². The van der Waals surface area contributed by atoms with Crippen molar-refractivity contribution in [1.82, 2.24) is 20.4 Å². The second-order valence-corrected chi connectivity index (χ2v) is 6.19. The third-order valence-corrected chi connectivity index (χ3v) is 4.36. The summed E-state index contributed by atoms with van der Waals surface area (Å²) in [6, 6.07) is 12.4. The Hall–Kier alpha value is -2.34. The number of anilines is 1. The van der Waals surface area contributed by atoms with Crippen molar-refractivity contribution in [2.24, 2.45) is 5.92 Å². The van der Waals surface area contributed by atoms with Gasteiger partial charge in [-0.1, -0.05) is 18.2 Å². The minimum absolute atomic E-state index is 0.0635. The molecule has 6 heteroatoms. The minimum Gasteiger partial charge on any atom is -0.371 e. The van der Waals surface area contributed by atoms with Crippen LogP contribution in [0.5, 0.6) is 0 Å². The van der Waals surface area contributed by atoms with Gasteiger partial charge in [0.1, 0.15) is 0 Å². The van der Waals surface area contributed by atoms with E-state index in [4.69, 9.17) is 0 Å². The van der Waals surface area contributed by atoms with Crippen molar-refractivity contribution >= 4 is 11.6 Å². The average molecular weight is 327 g/mol. The SMILES string of the molecule is O=C(CNCCn1cccn1)NC[C@H]1CCN(c2ccccc2)C1. The van der Waals surface area contributed by atoms with Crippen LogP contribution in [0.3, 0.4) is 0 Å². The van der Waals surface area contributed by atoms with Crippen molar-refractivity contribution < 1.29 is 4.79 Å². The van der Waals surface area contributed by atoms with Crippen molar-refractivity contribution in [3.05, 3.63) is 48.8 Å². The highest BCUT2D eigenvalue weighted by atomic mass is 16.1. The van der Waals surface area contributed by atoms with E-state index in [9.17, 15) is 4.79 Å². The van der Waals surface area contributed by atoms with Crippen LogP contribution in [0.25, 0.3) is 0 Å². The molecule has 0 spiro atoms. The van der Waals surface area contributed by atoms with Crippen LogP contribution in [-0.4, -0.2) is 48.4 Å². The molecule has 0 saturated carbocycles. The van der Waals surface area contributed by atoms with Crippen LogP contribution in [0, 0.1) is 5.92 Å². The smallest absolute Gasteiger partial charge is 0.233 e. The highest BCUT2D eigenvalue weighted by Crippen LogP contribution is 2.22. The number of nitrogens with zero attached hydrogens (tertiary/aromatic N) is 3. The normalized spacial score (nSPS) is 17.2. The van der Waals surface area contributed by atoms with Crippen LogP contribution in [-0.2, 0) is 11.3 Å². The van der Waals surface area contributed by atoms with Gasteiger partial charge in [0.15, 0.2) is 0 Å². The highest BCUT2D eigenvalue weighted by Gasteiger charge is 2.22. The molecule has 1 aromatic carbocycles. The van der Waals surface area contributed by atoms with Gasteiger partial charge in [-0.15, -0.1) is 0 Å². The summed E-state index contributed by atoms with van der Waals surface area (Å²) in [5.74, 6) is 0.590. The Balaban J connectivity index is 1.29. The molecule has 2 heterocycles. The number of benzene rings is 1. The summed E-state index contributed by atoms with van der Waals surface area (Å²) >= 11 is 0. The molecule has 0 unspecified atom stereocenters. The summed E-state index contributed by atoms with van der Waals surface area (Å²) in [4.78, 5) is 14.3. The monoisotopic (exact) mass is 327 g/mol. The molecule has 1 amide bonds. The number of hydrogen-bond acceptors (Lipinski definition) is 4. The van der Waals surface area contributed by atoms with Crippen molar-refractivity contribution in [3.8, 4) is 0 Å². The first kappa shape index (κ1) is 16.5. The summed E-state index contributed by atoms with van der Waals surface area (Å²) in [5.41, 5.74) is 1.27. The van der Waals surface area contributed by atoms with E-state index in [1.807, 2.05) is 23.0 Å². The maximum absolute atomic E-state index is 11.9. The van der Waals surface area contributed by atoms with Gasteiger partial charge in [-0.25, -0.2) is 0 Å². The molecular formula is C18H25N5O. The number of aromatic nitrogens is 2. The molecule has 24 heavy (non-hydrogen) atoms. The Morgan fingerprint density at radius 1 is 1.25 bits per heavy atom. The van der Waals surface area contributed by atoms with E-state index < -0.39 is 0 Å². The molecule has 3 rings (SSSR count). The maximum atomic E-state index is 11.9. The van der Waals surface area contributed by atoms with Crippen LogP contribution in [0.2, 0.25) is 0 Å². The highest BCUT2D eigenvalue weighted by molar-refractivity contribution is 5.77. The van der Waals surface area contributed by atoms with Crippen molar-refractivity contribution in [2.75, 3.05) is 37.6 Å². The summed E-state index contributed by atoms with van der Waals surface area (Å²) in [6.45, 7) is 4.69. The fourth-order valence-electron chi connectivity index (χ4n) is 3.02. The number of hydrogen-bond donors (Lipinski definition) is 2. The van der Waals surface area contributed by atoms with Gasteiger partial charge in [-0.2, -0.15) is 5.10 Å². The lowest BCUT2D eigenvalue weighted by Gasteiger charge is -2.18. The Bertz CT molecular complexity index is 614. The first-order valence-corrected chi connectivity index (χ1v) is 8.56. The molecule has 1 saturated heterocycles. The molecule has 0 bridgehead atoms. The second-order valence-electron chi connectivity index (χ2n) is 6.19. The Labute approximate surface area is 142 Å². The fourth-order valence-corrected chi connectivity index (χ4v) is 3.02. The summed E-state index contributed by atoms with van der Waals surface area (Å²) in [5, 5.41) is 10.3. The van der Waals surface area contributed by atoms with Crippen LogP contribution >= 0.6 is 0 Å². The molecule has 1 atom stereocenters. The van der Waals surface area contributed by atoms with E-state index in [1.54, 1.807) is 6.20 Å². The summed E-state index contributed by atoms with van der Waals surface area (Å²) < 4.78 is 1.85. The topological polar surface area (TPSA) is 62.2 Å². The number of carbonyl (C=O) groups is 1. The van der Waals surface area contributed by atoms with Gasteiger partial charge in [0.2, 0.25) is 5.91 Å². The fraction of sp³-hybridized carbons (Fsp3) is 0.444. The zero-order valence-corrected chi connectivity index (χ0v) is 13.9. The van der Waals surface area contributed by atoms with Crippen molar-refractivity contribution in [3.63, 3.8) is 0 Å². The Kier molecular flexibility index (Phi) is 5.85. The Morgan fingerprint density at radius 3 is 2.92 bits per heavy atom. The third-order valence-electron chi connectivity index (χ3n) is 4.36. The van der Waals surface area contributed by atoms with E-state index >= 15 is 0 Å². The van der Waals surface area contributed by atoms with E-state index in [0.29, 0.717) is 12.5 Å². The first-order valence-electron chi connectivity index (χ1n) is 8.56. The predicted molar refractivity (Wildman–Crippen MR) is 94.9 cm³/mol. The van der Waals surface area contributed by atoms with E-state index in [2.05, 4.69) is 44.9 Å². The predicted octanol–water partition coefficient (Wildman–Crippen LogP) is 1.12. The molecule has 0 radical (unpaired) electrons. The van der Waals surface area contributed by atoms with Gasteiger partial charge in [-0.3, -0.25) is 9.48 Å².